The SMILES string of the molecule is Cc1cc(N(C)C)cc(Cl)c1C(=O)n1c(C)c(-c2ccc(C(=O)O)cc2F)c2ncccc21. The van der Waals surface area contributed by atoms with Crippen LogP contribution in [0.3, 0.4) is 0 Å². The first kappa shape index (κ1) is 22.5. The molecular weight excluding hydrogens is 445 g/mol. The minimum absolute atomic E-state index is 0.162. The highest BCUT2D eigenvalue weighted by molar-refractivity contribution is 6.34. The summed E-state index contributed by atoms with van der Waals surface area (Å²) in [5, 5.41) is 9.47. The van der Waals surface area contributed by atoms with Gasteiger partial charge in [-0.3, -0.25) is 14.3 Å². The summed E-state index contributed by atoms with van der Waals surface area (Å²) in [5.41, 5.74) is 3.76. The van der Waals surface area contributed by atoms with Crippen molar-refractivity contribution in [1.29, 1.82) is 0 Å². The van der Waals surface area contributed by atoms with E-state index >= 15 is 0 Å². The fourth-order valence-electron chi connectivity index (χ4n) is 4.04. The number of aromatic nitrogens is 2. The third-order valence-corrected chi connectivity index (χ3v) is 5.95. The maximum Gasteiger partial charge on any atom is 0.335 e. The van der Waals surface area contributed by atoms with Gasteiger partial charge >= 0.3 is 5.97 Å². The fourth-order valence-corrected chi connectivity index (χ4v) is 4.38. The van der Waals surface area contributed by atoms with E-state index in [9.17, 15) is 14.0 Å². The molecule has 0 aliphatic heterocycles. The highest BCUT2D eigenvalue weighted by Crippen LogP contribution is 2.37. The Hall–Kier alpha value is -3.71. The summed E-state index contributed by atoms with van der Waals surface area (Å²) in [6.45, 7) is 3.52. The van der Waals surface area contributed by atoms with Gasteiger partial charge in [0.05, 0.1) is 27.2 Å². The van der Waals surface area contributed by atoms with E-state index in [0.717, 1.165) is 11.8 Å². The smallest absolute Gasteiger partial charge is 0.335 e. The molecule has 6 nitrogen and oxygen atoms in total. The number of aryl methyl sites for hydroxylation is 1. The van der Waals surface area contributed by atoms with Crippen molar-refractivity contribution >= 4 is 40.2 Å². The van der Waals surface area contributed by atoms with Crippen LogP contribution in [0.1, 0.15) is 32.0 Å². The molecule has 0 aliphatic rings. The number of carboxylic acid groups (broad SMARTS) is 1. The van der Waals surface area contributed by atoms with Crippen LogP contribution in [-0.4, -0.2) is 40.6 Å². The summed E-state index contributed by atoms with van der Waals surface area (Å²) in [4.78, 5) is 31.3. The molecular formula is C25H21ClFN3O3. The Bertz CT molecular complexity index is 1420. The third-order valence-electron chi connectivity index (χ3n) is 5.65. The lowest BCUT2D eigenvalue weighted by molar-refractivity contribution is 0.0696. The molecule has 8 heteroatoms. The minimum atomic E-state index is -1.22. The number of pyridine rings is 1. The van der Waals surface area contributed by atoms with Crippen molar-refractivity contribution in [3.8, 4) is 11.1 Å². The second-order valence-corrected chi connectivity index (χ2v) is 8.39. The monoisotopic (exact) mass is 465 g/mol. The van der Waals surface area contributed by atoms with Gasteiger partial charge in [-0.15, -0.1) is 0 Å². The quantitative estimate of drug-likeness (QED) is 0.426. The lowest BCUT2D eigenvalue weighted by Crippen LogP contribution is -2.17. The van der Waals surface area contributed by atoms with Gasteiger partial charge in [0, 0.05) is 42.8 Å². The highest BCUT2D eigenvalue weighted by atomic mass is 35.5. The summed E-state index contributed by atoms with van der Waals surface area (Å²) < 4.78 is 16.5. The molecule has 0 amide bonds. The number of benzene rings is 2. The number of anilines is 1. The van der Waals surface area contributed by atoms with E-state index in [4.69, 9.17) is 16.7 Å². The maximum atomic E-state index is 15.0. The number of rotatable bonds is 4. The summed E-state index contributed by atoms with van der Waals surface area (Å²) in [5.74, 6) is -2.29. The average molecular weight is 466 g/mol. The molecule has 2 aromatic heterocycles. The van der Waals surface area contributed by atoms with Gasteiger partial charge in [0.2, 0.25) is 0 Å². The van der Waals surface area contributed by atoms with E-state index in [1.54, 1.807) is 31.3 Å². The number of hydrogen-bond donors (Lipinski definition) is 1. The Balaban J connectivity index is 1.96. The number of fused-ring (bicyclic) bond motifs is 1. The molecule has 0 bridgehead atoms. The second kappa shape index (κ2) is 8.33. The van der Waals surface area contributed by atoms with E-state index in [1.165, 1.54) is 16.7 Å². The predicted molar refractivity (Wildman–Crippen MR) is 127 cm³/mol. The molecule has 0 radical (unpaired) electrons. The van der Waals surface area contributed by atoms with Gasteiger partial charge in [0.1, 0.15) is 5.82 Å². The van der Waals surface area contributed by atoms with Crippen molar-refractivity contribution in [1.82, 2.24) is 9.55 Å². The van der Waals surface area contributed by atoms with E-state index in [1.807, 2.05) is 32.0 Å². The Kier molecular flexibility index (Phi) is 5.68. The summed E-state index contributed by atoms with van der Waals surface area (Å²) in [7, 11) is 3.77. The van der Waals surface area contributed by atoms with E-state index in [0.29, 0.717) is 38.4 Å². The fraction of sp³-hybridized carbons (Fsp3) is 0.160. The van der Waals surface area contributed by atoms with Gasteiger partial charge in [0.15, 0.2) is 0 Å². The van der Waals surface area contributed by atoms with Crippen LogP contribution in [0, 0.1) is 19.7 Å². The lowest BCUT2D eigenvalue weighted by Gasteiger charge is -2.17. The van der Waals surface area contributed by atoms with Crippen molar-refractivity contribution < 1.29 is 19.1 Å². The first-order valence-corrected chi connectivity index (χ1v) is 10.5. The van der Waals surface area contributed by atoms with Crippen molar-refractivity contribution in [3.05, 3.63) is 81.9 Å². The maximum absolute atomic E-state index is 15.0. The van der Waals surface area contributed by atoms with E-state index < -0.39 is 11.8 Å². The van der Waals surface area contributed by atoms with Crippen molar-refractivity contribution in [3.63, 3.8) is 0 Å². The third kappa shape index (κ3) is 3.74. The van der Waals surface area contributed by atoms with Crippen LogP contribution in [0.5, 0.6) is 0 Å². The lowest BCUT2D eigenvalue weighted by atomic mass is 10.0. The van der Waals surface area contributed by atoms with Crippen LogP contribution >= 0.6 is 11.6 Å². The summed E-state index contributed by atoms with van der Waals surface area (Å²) >= 11 is 6.53. The Morgan fingerprint density at radius 3 is 2.45 bits per heavy atom. The Labute approximate surface area is 194 Å². The molecule has 0 saturated heterocycles. The van der Waals surface area contributed by atoms with Crippen LogP contribution in [-0.2, 0) is 0 Å². The average Bonchev–Trinajstić information content (AvgIpc) is 3.04. The predicted octanol–water partition coefficient (Wildman–Crippen LogP) is 5.57. The number of nitrogens with zero attached hydrogens (tertiary/aromatic N) is 3. The van der Waals surface area contributed by atoms with Crippen LogP contribution < -0.4 is 4.90 Å². The van der Waals surface area contributed by atoms with Crippen LogP contribution in [0.2, 0.25) is 5.02 Å². The first-order chi connectivity index (χ1) is 15.6. The van der Waals surface area contributed by atoms with Gasteiger partial charge in [-0.05, 0) is 55.8 Å². The van der Waals surface area contributed by atoms with Crippen LogP contribution in [0.15, 0.2) is 48.7 Å². The largest absolute Gasteiger partial charge is 0.478 e. The van der Waals surface area contributed by atoms with Crippen molar-refractivity contribution in [2.45, 2.75) is 13.8 Å². The highest BCUT2D eigenvalue weighted by Gasteiger charge is 2.26. The van der Waals surface area contributed by atoms with Gasteiger partial charge in [-0.2, -0.15) is 0 Å². The zero-order valence-corrected chi connectivity index (χ0v) is 19.2. The molecule has 4 aromatic rings. The number of halogens is 2. The van der Waals surface area contributed by atoms with Crippen LogP contribution in [0.25, 0.3) is 22.2 Å². The number of aromatic carboxylic acids is 1. The first-order valence-electron chi connectivity index (χ1n) is 10.1. The number of carbonyl (C=O) groups is 2. The Morgan fingerprint density at radius 2 is 1.85 bits per heavy atom. The zero-order valence-electron chi connectivity index (χ0n) is 18.5. The molecule has 0 saturated carbocycles. The Morgan fingerprint density at radius 1 is 1.12 bits per heavy atom. The van der Waals surface area contributed by atoms with E-state index in [-0.39, 0.29) is 17.0 Å². The van der Waals surface area contributed by atoms with Gasteiger partial charge in [0.25, 0.3) is 5.91 Å². The number of hydrogen-bond acceptors (Lipinski definition) is 4. The number of carbonyl (C=O) groups excluding carboxylic acids is 1. The van der Waals surface area contributed by atoms with Crippen molar-refractivity contribution in [2.24, 2.45) is 0 Å². The molecule has 0 spiro atoms. The molecule has 0 atom stereocenters. The second-order valence-electron chi connectivity index (χ2n) is 7.99. The van der Waals surface area contributed by atoms with Gasteiger partial charge < -0.3 is 10.0 Å². The molecule has 0 aliphatic carbocycles. The molecule has 2 aromatic carbocycles. The molecule has 2 heterocycles. The molecule has 0 fully saturated rings. The molecule has 33 heavy (non-hydrogen) atoms. The number of carboxylic acids is 1. The molecule has 0 unspecified atom stereocenters. The zero-order chi connectivity index (χ0) is 24.0. The van der Waals surface area contributed by atoms with Gasteiger partial charge in [-0.25, -0.2) is 9.18 Å². The molecule has 168 valence electrons. The standard InChI is InChI=1S/C25H21ClFN3O3/c1-13-10-16(29(3)4)12-18(26)21(13)24(31)30-14(2)22(23-20(30)6-5-9-28-23)17-8-7-15(25(32)33)11-19(17)27/h5-12H,1-4H3,(H,32,33). The topological polar surface area (TPSA) is 75.4 Å². The van der Waals surface area contributed by atoms with Crippen LogP contribution in [0.4, 0.5) is 10.1 Å². The van der Waals surface area contributed by atoms with E-state index in [2.05, 4.69) is 4.98 Å². The van der Waals surface area contributed by atoms with Gasteiger partial charge in [-0.1, -0.05) is 17.7 Å². The minimum Gasteiger partial charge on any atom is -0.478 e. The molecule has 1 N–H and O–H groups in total. The summed E-state index contributed by atoms with van der Waals surface area (Å²) in [6.07, 6.45) is 1.56. The summed E-state index contributed by atoms with van der Waals surface area (Å²) in [6, 6.07) is 10.7. The molecule has 4 rings (SSSR count). The normalized spacial score (nSPS) is 11.1. The van der Waals surface area contributed by atoms with Crippen molar-refractivity contribution in [2.75, 3.05) is 19.0 Å².